The molecule has 10 heteroatoms. The molecule has 152 valence electrons. The van der Waals surface area contributed by atoms with E-state index in [9.17, 15) is 9.18 Å². The van der Waals surface area contributed by atoms with Crippen LogP contribution < -0.4 is 14.8 Å². The van der Waals surface area contributed by atoms with Crippen molar-refractivity contribution in [3.05, 3.63) is 53.9 Å². The zero-order valence-corrected chi connectivity index (χ0v) is 16.7. The second kappa shape index (κ2) is 7.38. The molecular weight excluding hydrogens is 409 g/mol. The predicted molar refractivity (Wildman–Crippen MR) is 109 cm³/mol. The number of aromatic nitrogens is 4. The normalized spacial score (nSPS) is 13.3. The quantitative estimate of drug-likeness (QED) is 0.538. The van der Waals surface area contributed by atoms with Gasteiger partial charge in [-0.1, -0.05) is 11.3 Å². The van der Waals surface area contributed by atoms with Crippen molar-refractivity contribution in [2.24, 2.45) is 0 Å². The zero-order valence-electron chi connectivity index (χ0n) is 15.9. The minimum atomic E-state index is -0.480. The fourth-order valence-electron chi connectivity index (χ4n) is 3.10. The Balaban J connectivity index is 1.39. The summed E-state index contributed by atoms with van der Waals surface area (Å²) in [5.41, 5.74) is 1.32. The molecule has 30 heavy (non-hydrogen) atoms. The highest BCUT2D eigenvalue weighted by atomic mass is 32.1. The molecule has 1 aliphatic rings. The number of halogens is 1. The minimum Gasteiger partial charge on any atom is -0.490 e. The van der Waals surface area contributed by atoms with E-state index in [2.05, 4.69) is 20.4 Å². The SMILES string of the molecule is Cc1nc(C(=O)Nc2nc3cc4c(cc3s2)OCCCO4)nn1-c1ccc(F)cc1. The van der Waals surface area contributed by atoms with Crippen LogP contribution in [0.5, 0.6) is 11.5 Å². The minimum absolute atomic E-state index is 0.00136. The molecule has 5 rings (SSSR count). The Kier molecular flexibility index (Phi) is 4.55. The van der Waals surface area contributed by atoms with Crippen molar-refractivity contribution in [1.29, 1.82) is 0 Å². The third kappa shape index (κ3) is 3.45. The molecule has 1 N–H and O–H groups in total. The number of fused-ring (bicyclic) bond motifs is 2. The van der Waals surface area contributed by atoms with E-state index in [0.717, 1.165) is 11.1 Å². The van der Waals surface area contributed by atoms with Crippen LogP contribution >= 0.6 is 11.3 Å². The maximum Gasteiger partial charge on any atom is 0.297 e. The van der Waals surface area contributed by atoms with Gasteiger partial charge in [-0.15, -0.1) is 5.10 Å². The number of thiazole rings is 1. The molecule has 0 fully saturated rings. The number of hydrogen-bond acceptors (Lipinski definition) is 7. The first-order chi connectivity index (χ1) is 14.6. The summed E-state index contributed by atoms with van der Waals surface area (Å²) in [6.45, 7) is 2.91. The molecule has 1 amide bonds. The zero-order chi connectivity index (χ0) is 20.7. The number of benzene rings is 2. The number of carbonyl (C=O) groups excluding carboxylic acids is 1. The second-order valence-electron chi connectivity index (χ2n) is 6.66. The van der Waals surface area contributed by atoms with Crippen molar-refractivity contribution in [1.82, 2.24) is 19.7 Å². The summed E-state index contributed by atoms with van der Waals surface area (Å²) in [5, 5.41) is 7.40. The monoisotopic (exact) mass is 425 g/mol. The molecule has 1 aliphatic heterocycles. The van der Waals surface area contributed by atoms with Crippen molar-refractivity contribution in [3.8, 4) is 17.2 Å². The largest absolute Gasteiger partial charge is 0.490 e. The van der Waals surface area contributed by atoms with E-state index in [-0.39, 0.29) is 11.6 Å². The lowest BCUT2D eigenvalue weighted by Crippen LogP contribution is -2.14. The Bertz CT molecular complexity index is 1210. The van der Waals surface area contributed by atoms with Crippen LogP contribution in [-0.2, 0) is 0 Å². The summed E-state index contributed by atoms with van der Waals surface area (Å²) in [6, 6.07) is 9.47. The van der Waals surface area contributed by atoms with Gasteiger partial charge in [0.25, 0.3) is 5.91 Å². The number of rotatable bonds is 3. The molecule has 0 spiro atoms. The molecule has 8 nitrogen and oxygen atoms in total. The Morgan fingerprint density at radius 2 is 1.87 bits per heavy atom. The van der Waals surface area contributed by atoms with Crippen LogP contribution in [0.3, 0.4) is 0 Å². The van der Waals surface area contributed by atoms with Crippen LogP contribution in [0.1, 0.15) is 22.9 Å². The molecule has 0 atom stereocenters. The molecule has 2 aromatic heterocycles. The van der Waals surface area contributed by atoms with E-state index in [4.69, 9.17) is 9.47 Å². The number of ether oxygens (including phenoxy) is 2. The first-order valence-electron chi connectivity index (χ1n) is 9.28. The highest BCUT2D eigenvalue weighted by Crippen LogP contribution is 2.37. The lowest BCUT2D eigenvalue weighted by Gasteiger charge is -2.05. The van der Waals surface area contributed by atoms with Gasteiger partial charge in [-0.25, -0.2) is 19.0 Å². The average Bonchev–Trinajstić information content (AvgIpc) is 3.22. The Morgan fingerprint density at radius 1 is 1.13 bits per heavy atom. The van der Waals surface area contributed by atoms with Gasteiger partial charge in [0.15, 0.2) is 16.6 Å². The van der Waals surface area contributed by atoms with Gasteiger partial charge in [0, 0.05) is 18.6 Å². The molecule has 0 saturated carbocycles. The molecule has 3 heterocycles. The Morgan fingerprint density at radius 3 is 2.63 bits per heavy atom. The summed E-state index contributed by atoms with van der Waals surface area (Å²) in [7, 11) is 0. The fraction of sp³-hybridized carbons (Fsp3) is 0.200. The molecule has 0 radical (unpaired) electrons. The number of aryl methyl sites for hydroxylation is 1. The molecule has 0 bridgehead atoms. The third-order valence-electron chi connectivity index (χ3n) is 4.52. The smallest absolute Gasteiger partial charge is 0.297 e. The van der Waals surface area contributed by atoms with E-state index in [1.807, 2.05) is 12.1 Å². The number of carbonyl (C=O) groups is 1. The van der Waals surface area contributed by atoms with Gasteiger partial charge >= 0.3 is 0 Å². The summed E-state index contributed by atoms with van der Waals surface area (Å²) < 4.78 is 26.9. The molecule has 2 aromatic carbocycles. The Hall–Kier alpha value is -3.53. The first-order valence-corrected chi connectivity index (χ1v) is 10.1. The highest BCUT2D eigenvalue weighted by molar-refractivity contribution is 7.22. The summed E-state index contributed by atoms with van der Waals surface area (Å²) in [4.78, 5) is 21.3. The number of anilines is 1. The summed E-state index contributed by atoms with van der Waals surface area (Å²) >= 11 is 1.33. The lowest BCUT2D eigenvalue weighted by molar-refractivity contribution is 0.101. The van der Waals surface area contributed by atoms with Crippen LogP contribution in [-0.4, -0.2) is 38.9 Å². The molecule has 0 unspecified atom stereocenters. The van der Waals surface area contributed by atoms with E-state index in [0.29, 0.717) is 46.9 Å². The maximum atomic E-state index is 13.2. The highest BCUT2D eigenvalue weighted by Gasteiger charge is 2.19. The van der Waals surface area contributed by atoms with E-state index in [1.165, 1.54) is 28.2 Å². The maximum absolute atomic E-state index is 13.2. The molecule has 4 aromatic rings. The molecular formula is C20H16FN5O3S. The topological polar surface area (TPSA) is 91.2 Å². The van der Waals surface area contributed by atoms with Crippen LogP contribution in [0.2, 0.25) is 0 Å². The van der Waals surface area contributed by atoms with Crippen molar-refractivity contribution in [3.63, 3.8) is 0 Å². The van der Waals surface area contributed by atoms with Gasteiger partial charge in [0.1, 0.15) is 11.6 Å². The van der Waals surface area contributed by atoms with Crippen LogP contribution in [0.4, 0.5) is 9.52 Å². The predicted octanol–water partition coefficient (Wildman–Crippen LogP) is 3.74. The van der Waals surface area contributed by atoms with Gasteiger partial charge < -0.3 is 9.47 Å². The number of nitrogens with zero attached hydrogens (tertiary/aromatic N) is 4. The van der Waals surface area contributed by atoms with E-state index in [1.54, 1.807) is 19.1 Å². The fourth-order valence-corrected chi connectivity index (χ4v) is 3.98. The number of hydrogen-bond donors (Lipinski definition) is 1. The van der Waals surface area contributed by atoms with Crippen LogP contribution in [0, 0.1) is 12.7 Å². The number of amides is 1. The van der Waals surface area contributed by atoms with Crippen molar-refractivity contribution < 1.29 is 18.7 Å². The van der Waals surface area contributed by atoms with Gasteiger partial charge in [-0.2, -0.15) is 0 Å². The van der Waals surface area contributed by atoms with Gasteiger partial charge in [-0.05, 0) is 31.2 Å². The van der Waals surface area contributed by atoms with E-state index < -0.39 is 5.91 Å². The summed E-state index contributed by atoms with van der Waals surface area (Å²) in [6.07, 6.45) is 0.827. The second-order valence-corrected chi connectivity index (χ2v) is 7.69. The van der Waals surface area contributed by atoms with Crippen molar-refractivity contribution in [2.75, 3.05) is 18.5 Å². The molecule has 0 saturated heterocycles. The third-order valence-corrected chi connectivity index (χ3v) is 5.46. The number of nitrogens with one attached hydrogen (secondary N) is 1. The van der Waals surface area contributed by atoms with Gasteiger partial charge in [0.2, 0.25) is 5.82 Å². The standard InChI is InChI=1S/C20H16FN5O3S/c1-11-22-18(25-26(11)13-5-3-12(21)4-6-13)19(27)24-20-23-14-9-15-16(10-17(14)30-20)29-8-2-7-28-15/h3-6,9-10H,2,7-8H2,1H3,(H,23,24,27). The first kappa shape index (κ1) is 18.5. The van der Waals surface area contributed by atoms with Gasteiger partial charge in [0.05, 0.1) is 29.1 Å². The van der Waals surface area contributed by atoms with Gasteiger partial charge in [-0.3, -0.25) is 10.1 Å². The Labute approximate surface area is 174 Å². The molecule has 0 aliphatic carbocycles. The van der Waals surface area contributed by atoms with Crippen LogP contribution in [0.15, 0.2) is 36.4 Å². The van der Waals surface area contributed by atoms with Crippen LogP contribution in [0.25, 0.3) is 15.9 Å². The summed E-state index contributed by atoms with van der Waals surface area (Å²) in [5.74, 6) is 1.01. The van der Waals surface area contributed by atoms with Crippen molar-refractivity contribution in [2.45, 2.75) is 13.3 Å². The average molecular weight is 425 g/mol. The van der Waals surface area contributed by atoms with Crippen molar-refractivity contribution >= 4 is 32.6 Å². The van der Waals surface area contributed by atoms with E-state index >= 15 is 0 Å². The lowest BCUT2D eigenvalue weighted by atomic mass is 10.3.